The van der Waals surface area contributed by atoms with Gasteiger partial charge in [0.25, 0.3) is 0 Å². The van der Waals surface area contributed by atoms with Crippen molar-refractivity contribution in [2.75, 3.05) is 65.4 Å². The number of hydrogen-bond acceptors (Lipinski definition) is 6. The van der Waals surface area contributed by atoms with E-state index in [0.717, 1.165) is 95.9 Å². The second-order valence-corrected chi connectivity index (χ2v) is 9.02. The Morgan fingerprint density at radius 1 is 0.897 bits per heavy atom. The Balaban J connectivity index is 1.56. The zero-order chi connectivity index (χ0) is 20.6. The second kappa shape index (κ2) is 10.7. The summed E-state index contributed by atoms with van der Waals surface area (Å²) in [7, 11) is 0. The van der Waals surface area contributed by atoms with Crippen LogP contribution in [0, 0.1) is 34.5 Å². The number of allylic oxidation sites excluding steroid dienone is 1. The minimum Gasteiger partial charge on any atom is -0.355 e. The third kappa shape index (κ3) is 5.98. The van der Waals surface area contributed by atoms with E-state index in [1.54, 1.807) is 0 Å². The van der Waals surface area contributed by atoms with Crippen LogP contribution >= 0.6 is 0 Å². The second-order valence-electron chi connectivity index (χ2n) is 9.02. The number of hydrogen-bond donors (Lipinski definition) is 0. The number of nitriles is 2. The first-order valence-electron chi connectivity index (χ1n) is 11.2. The third-order valence-electron chi connectivity index (χ3n) is 6.36. The van der Waals surface area contributed by atoms with Crippen LogP contribution in [0.15, 0.2) is 23.5 Å². The zero-order valence-electron chi connectivity index (χ0n) is 18.2. The van der Waals surface area contributed by atoms with E-state index >= 15 is 0 Å². The number of piperidine rings is 1. The van der Waals surface area contributed by atoms with Gasteiger partial charge in [0.05, 0.1) is 0 Å². The molecule has 0 N–H and O–H groups in total. The van der Waals surface area contributed by atoms with Crippen LogP contribution in [0.5, 0.6) is 0 Å². The van der Waals surface area contributed by atoms with Crippen molar-refractivity contribution in [1.82, 2.24) is 19.6 Å². The molecule has 0 radical (unpaired) electrons. The highest BCUT2D eigenvalue weighted by atomic mass is 15.4. The lowest BCUT2D eigenvalue weighted by Crippen LogP contribution is -2.42. The summed E-state index contributed by atoms with van der Waals surface area (Å²) in [5.41, 5.74) is 0.267. The van der Waals surface area contributed by atoms with Crippen molar-refractivity contribution in [3.05, 3.63) is 23.5 Å². The van der Waals surface area contributed by atoms with Crippen molar-refractivity contribution in [2.24, 2.45) is 11.8 Å². The van der Waals surface area contributed by atoms with Crippen LogP contribution in [0.25, 0.3) is 0 Å². The monoisotopic (exact) mass is 396 g/mol. The van der Waals surface area contributed by atoms with E-state index in [9.17, 15) is 10.5 Å². The van der Waals surface area contributed by atoms with Crippen LogP contribution in [0.1, 0.15) is 33.1 Å². The van der Waals surface area contributed by atoms with Gasteiger partial charge in [-0.1, -0.05) is 26.0 Å². The molecule has 0 bridgehead atoms. The van der Waals surface area contributed by atoms with Crippen molar-refractivity contribution in [1.29, 1.82) is 10.5 Å². The van der Waals surface area contributed by atoms with Crippen LogP contribution in [0.2, 0.25) is 0 Å². The summed E-state index contributed by atoms with van der Waals surface area (Å²) in [6.45, 7) is 14.9. The van der Waals surface area contributed by atoms with E-state index in [2.05, 4.69) is 57.7 Å². The summed E-state index contributed by atoms with van der Waals surface area (Å²) in [4.78, 5) is 9.57. The fourth-order valence-electron chi connectivity index (χ4n) is 5.14. The molecule has 2 saturated heterocycles. The average Bonchev–Trinajstić information content (AvgIpc) is 3.10. The molecule has 6 heteroatoms. The standard InChI is InChI=1S/C23H36N6/c1-20-15-21(2)19-27(18-20)11-12-29-14-13-28(23(29)22(16-24)17-25)10-6-9-26-7-4-3-5-8-26/h3-4,20-21H,5-15,18-19H2,1-2H3/t20-,21+. The molecule has 0 aromatic carbocycles. The smallest absolute Gasteiger partial charge is 0.169 e. The zero-order valence-corrected chi connectivity index (χ0v) is 18.2. The van der Waals surface area contributed by atoms with Gasteiger partial charge >= 0.3 is 0 Å². The van der Waals surface area contributed by atoms with Crippen molar-refractivity contribution in [3.63, 3.8) is 0 Å². The van der Waals surface area contributed by atoms with Crippen LogP contribution in [-0.2, 0) is 0 Å². The first-order valence-corrected chi connectivity index (χ1v) is 11.2. The maximum atomic E-state index is 9.53. The Labute approximate surface area is 176 Å². The van der Waals surface area contributed by atoms with E-state index in [4.69, 9.17) is 0 Å². The lowest BCUT2D eigenvalue weighted by molar-refractivity contribution is 0.130. The molecular formula is C23H36N6. The van der Waals surface area contributed by atoms with E-state index in [-0.39, 0.29) is 5.57 Å². The number of nitrogens with zero attached hydrogens (tertiary/aromatic N) is 6. The van der Waals surface area contributed by atoms with Crippen LogP contribution < -0.4 is 0 Å². The van der Waals surface area contributed by atoms with Gasteiger partial charge < -0.3 is 14.7 Å². The van der Waals surface area contributed by atoms with Gasteiger partial charge in [-0.15, -0.1) is 0 Å². The minimum atomic E-state index is 0.267. The normalized spacial score (nSPS) is 25.9. The third-order valence-corrected chi connectivity index (χ3v) is 6.36. The Bertz CT molecular complexity index is 658. The van der Waals surface area contributed by atoms with Gasteiger partial charge in [0.1, 0.15) is 18.0 Å². The Hall–Kier alpha value is -2.02. The molecular weight excluding hydrogens is 360 g/mol. The first kappa shape index (κ1) is 21.7. The molecule has 0 aromatic heterocycles. The number of rotatable bonds is 7. The molecule has 3 aliphatic heterocycles. The van der Waals surface area contributed by atoms with Crippen molar-refractivity contribution < 1.29 is 0 Å². The summed E-state index contributed by atoms with van der Waals surface area (Å²) in [5, 5.41) is 19.1. The molecule has 2 fully saturated rings. The van der Waals surface area contributed by atoms with Crippen molar-refractivity contribution in [2.45, 2.75) is 33.1 Å². The lowest BCUT2D eigenvalue weighted by Gasteiger charge is -2.36. The highest BCUT2D eigenvalue weighted by molar-refractivity contribution is 5.40. The summed E-state index contributed by atoms with van der Waals surface area (Å²) >= 11 is 0. The van der Waals surface area contributed by atoms with Gasteiger partial charge in [-0.05, 0) is 31.1 Å². The quantitative estimate of drug-likeness (QED) is 0.487. The number of likely N-dealkylation sites (tertiary alicyclic amines) is 1. The lowest BCUT2D eigenvalue weighted by atomic mass is 9.92. The molecule has 29 heavy (non-hydrogen) atoms. The van der Waals surface area contributed by atoms with Crippen molar-refractivity contribution >= 4 is 0 Å². The van der Waals surface area contributed by atoms with Crippen LogP contribution in [0.3, 0.4) is 0 Å². The molecule has 3 heterocycles. The molecule has 2 atom stereocenters. The minimum absolute atomic E-state index is 0.267. The van der Waals surface area contributed by atoms with Gasteiger partial charge in [-0.2, -0.15) is 10.5 Å². The largest absolute Gasteiger partial charge is 0.355 e. The molecule has 3 rings (SSSR count). The van der Waals surface area contributed by atoms with Crippen LogP contribution in [0.4, 0.5) is 0 Å². The molecule has 3 aliphatic rings. The van der Waals surface area contributed by atoms with Gasteiger partial charge in [-0.3, -0.25) is 4.90 Å². The summed E-state index contributed by atoms with van der Waals surface area (Å²) in [6.07, 6.45) is 8.03. The fourth-order valence-corrected chi connectivity index (χ4v) is 5.14. The van der Waals surface area contributed by atoms with E-state index in [1.807, 2.05) is 0 Å². The predicted molar refractivity (Wildman–Crippen MR) is 116 cm³/mol. The molecule has 0 saturated carbocycles. The Kier molecular flexibility index (Phi) is 7.98. The van der Waals surface area contributed by atoms with Crippen molar-refractivity contribution in [3.8, 4) is 12.1 Å². The molecule has 0 unspecified atom stereocenters. The predicted octanol–water partition coefficient (Wildman–Crippen LogP) is 2.49. The summed E-state index contributed by atoms with van der Waals surface area (Å²) in [5.74, 6) is 2.37. The molecule has 158 valence electrons. The Morgan fingerprint density at radius 3 is 2.21 bits per heavy atom. The first-order chi connectivity index (χ1) is 14.1. The maximum absolute atomic E-state index is 9.53. The molecule has 6 nitrogen and oxygen atoms in total. The topological polar surface area (TPSA) is 60.5 Å². The summed E-state index contributed by atoms with van der Waals surface area (Å²) < 4.78 is 0. The average molecular weight is 397 g/mol. The Morgan fingerprint density at radius 2 is 1.59 bits per heavy atom. The van der Waals surface area contributed by atoms with E-state index < -0.39 is 0 Å². The summed E-state index contributed by atoms with van der Waals surface area (Å²) in [6, 6.07) is 4.30. The highest BCUT2D eigenvalue weighted by Gasteiger charge is 2.29. The molecule has 0 aromatic rings. The fraction of sp³-hybridized carbons (Fsp3) is 0.739. The SMILES string of the molecule is C[C@@H]1C[C@H](C)CN(CCN2CCN(CCCN3CC=CCC3)C2=C(C#N)C#N)C1. The van der Waals surface area contributed by atoms with Gasteiger partial charge in [0.15, 0.2) is 5.57 Å². The molecule has 0 amide bonds. The molecule has 0 spiro atoms. The molecule has 0 aliphatic carbocycles. The highest BCUT2D eigenvalue weighted by Crippen LogP contribution is 2.24. The van der Waals surface area contributed by atoms with Crippen LogP contribution in [-0.4, -0.2) is 85.0 Å². The van der Waals surface area contributed by atoms with Gasteiger partial charge in [0, 0.05) is 65.4 Å². The maximum Gasteiger partial charge on any atom is 0.169 e. The van der Waals surface area contributed by atoms with E-state index in [0.29, 0.717) is 0 Å². The van der Waals surface area contributed by atoms with Gasteiger partial charge in [0.2, 0.25) is 0 Å². The van der Waals surface area contributed by atoms with E-state index in [1.165, 1.54) is 6.42 Å². The van der Waals surface area contributed by atoms with Gasteiger partial charge in [-0.25, -0.2) is 0 Å².